The van der Waals surface area contributed by atoms with Crippen LogP contribution in [0.2, 0.25) is 0 Å². The summed E-state index contributed by atoms with van der Waals surface area (Å²) < 4.78 is 0. The minimum absolute atomic E-state index is 0.682. The predicted octanol–water partition coefficient (Wildman–Crippen LogP) is 5.04. The first-order chi connectivity index (χ1) is 7.59. The molecule has 0 aromatic carbocycles. The molecule has 16 heavy (non-hydrogen) atoms. The number of rotatable bonds is 7. The Bertz CT molecular complexity index is 291. The van der Waals surface area contributed by atoms with E-state index in [1.807, 2.05) is 6.07 Å². The Kier molecular flexibility index (Phi) is 5.89. The second-order valence-electron chi connectivity index (χ2n) is 5.17. The van der Waals surface area contributed by atoms with E-state index in [0.29, 0.717) is 5.92 Å². The van der Waals surface area contributed by atoms with Crippen LogP contribution >= 0.6 is 11.3 Å². The smallest absolute Gasteiger partial charge is 0.0859 e. The Hall–Kier alpha value is -0.500. The maximum Gasteiger partial charge on any atom is 0.0859 e. The minimum atomic E-state index is 0.682. The summed E-state index contributed by atoms with van der Waals surface area (Å²) in [6.45, 7) is 6.92. The van der Waals surface area contributed by atoms with E-state index in [4.69, 9.17) is 5.73 Å². The fourth-order valence-electron chi connectivity index (χ4n) is 1.96. The van der Waals surface area contributed by atoms with Gasteiger partial charge in [-0.05, 0) is 30.4 Å². The molecular weight excluding hydrogens is 214 g/mol. The van der Waals surface area contributed by atoms with Gasteiger partial charge in [0.2, 0.25) is 0 Å². The zero-order chi connectivity index (χ0) is 12.0. The summed E-state index contributed by atoms with van der Waals surface area (Å²) in [4.78, 5) is 1.45. The molecular formula is C14H25NS. The summed E-state index contributed by atoms with van der Waals surface area (Å²) in [5.41, 5.74) is 5.74. The molecule has 0 fully saturated rings. The van der Waals surface area contributed by atoms with Crippen LogP contribution in [-0.4, -0.2) is 0 Å². The first-order valence-corrected chi connectivity index (χ1v) is 7.26. The SMILES string of the molecule is CC(C)CCCCCC(C)c1ccc(N)s1. The van der Waals surface area contributed by atoms with Gasteiger partial charge in [-0.15, -0.1) is 11.3 Å². The Morgan fingerprint density at radius 1 is 1.06 bits per heavy atom. The van der Waals surface area contributed by atoms with Gasteiger partial charge in [0.05, 0.1) is 5.00 Å². The van der Waals surface area contributed by atoms with Gasteiger partial charge in [0, 0.05) is 4.88 Å². The average molecular weight is 239 g/mol. The highest BCUT2D eigenvalue weighted by molar-refractivity contribution is 7.15. The average Bonchev–Trinajstić information content (AvgIpc) is 2.63. The summed E-state index contributed by atoms with van der Waals surface area (Å²) in [5, 5.41) is 0.946. The van der Waals surface area contributed by atoms with Gasteiger partial charge in [0.25, 0.3) is 0 Å². The zero-order valence-corrected chi connectivity index (χ0v) is 11.6. The van der Waals surface area contributed by atoms with E-state index >= 15 is 0 Å². The fraction of sp³-hybridized carbons (Fsp3) is 0.714. The van der Waals surface area contributed by atoms with Crippen LogP contribution in [0.25, 0.3) is 0 Å². The Balaban J connectivity index is 2.13. The second-order valence-corrected chi connectivity index (χ2v) is 6.32. The quantitative estimate of drug-likeness (QED) is 0.663. The third-order valence-corrected chi connectivity index (χ3v) is 4.20. The maximum atomic E-state index is 5.74. The van der Waals surface area contributed by atoms with Crippen LogP contribution in [-0.2, 0) is 0 Å². The third kappa shape index (κ3) is 5.02. The van der Waals surface area contributed by atoms with E-state index in [1.165, 1.54) is 37.0 Å². The molecule has 1 heterocycles. The van der Waals surface area contributed by atoms with Gasteiger partial charge in [0.15, 0.2) is 0 Å². The van der Waals surface area contributed by atoms with Crippen LogP contribution in [0.3, 0.4) is 0 Å². The lowest BCUT2D eigenvalue weighted by Gasteiger charge is -2.09. The fourth-order valence-corrected chi connectivity index (χ4v) is 2.82. The van der Waals surface area contributed by atoms with E-state index in [1.54, 1.807) is 11.3 Å². The van der Waals surface area contributed by atoms with E-state index in [2.05, 4.69) is 26.8 Å². The summed E-state index contributed by atoms with van der Waals surface area (Å²) in [6.07, 6.45) is 6.80. The van der Waals surface area contributed by atoms with Crippen molar-refractivity contribution in [2.24, 2.45) is 5.92 Å². The lowest BCUT2D eigenvalue weighted by atomic mass is 9.99. The first kappa shape index (κ1) is 13.6. The molecule has 0 saturated carbocycles. The van der Waals surface area contributed by atoms with E-state index in [9.17, 15) is 0 Å². The van der Waals surface area contributed by atoms with Crippen molar-refractivity contribution in [2.75, 3.05) is 5.73 Å². The molecule has 2 heteroatoms. The highest BCUT2D eigenvalue weighted by atomic mass is 32.1. The van der Waals surface area contributed by atoms with Crippen LogP contribution < -0.4 is 5.73 Å². The lowest BCUT2D eigenvalue weighted by Crippen LogP contribution is -1.92. The van der Waals surface area contributed by atoms with Crippen LogP contribution in [0.15, 0.2) is 12.1 Å². The number of thiophene rings is 1. The molecule has 1 aromatic heterocycles. The Morgan fingerprint density at radius 3 is 2.31 bits per heavy atom. The largest absolute Gasteiger partial charge is 0.391 e. The zero-order valence-electron chi connectivity index (χ0n) is 10.8. The predicted molar refractivity (Wildman–Crippen MR) is 75.1 cm³/mol. The topological polar surface area (TPSA) is 26.0 Å². The van der Waals surface area contributed by atoms with Gasteiger partial charge in [-0.2, -0.15) is 0 Å². The highest BCUT2D eigenvalue weighted by Crippen LogP contribution is 2.29. The molecule has 92 valence electrons. The third-order valence-electron chi connectivity index (χ3n) is 3.05. The van der Waals surface area contributed by atoms with E-state index in [-0.39, 0.29) is 0 Å². The van der Waals surface area contributed by atoms with Crippen LogP contribution in [0.4, 0.5) is 5.00 Å². The standard InChI is InChI=1S/C14H25NS/c1-11(2)7-5-4-6-8-12(3)13-9-10-14(15)16-13/h9-12H,4-8,15H2,1-3H3. The van der Waals surface area contributed by atoms with Crippen LogP contribution in [0, 0.1) is 5.92 Å². The molecule has 1 atom stereocenters. The van der Waals surface area contributed by atoms with Gasteiger partial charge in [0.1, 0.15) is 0 Å². The molecule has 1 aromatic rings. The van der Waals surface area contributed by atoms with Crippen molar-refractivity contribution >= 4 is 16.3 Å². The van der Waals surface area contributed by atoms with E-state index < -0.39 is 0 Å². The molecule has 0 aliphatic heterocycles. The van der Waals surface area contributed by atoms with Crippen molar-refractivity contribution in [2.45, 2.75) is 58.8 Å². The van der Waals surface area contributed by atoms with Gasteiger partial charge < -0.3 is 5.73 Å². The molecule has 0 amide bonds. The second kappa shape index (κ2) is 6.95. The number of hydrogen-bond donors (Lipinski definition) is 1. The summed E-state index contributed by atoms with van der Waals surface area (Å²) in [7, 11) is 0. The number of nitrogens with two attached hydrogens (primary N) is 1. The molecule has 0 saturated heterocycles. The molecule has 0 aliphatic rings. The summed E-state index contributed by atoms with van der Waals surface area (Å²) >= 11 is 1.74. The van der Waals surface area contributed by atoms with Crippen molar-refractivity contribution < 1.29 is 0 Å². The number of hydrogen-bond acceptors (Lipinski definition) is 2. The molecule has 0 bridgehead atoms. The summed E-state index contributed by atoms with van der Waals surface area (Å²) in [6, 6.07) is 4.20. The highest BCUT2D eigenvalue weighted by Gasteiger charge is 2.07. The van der Waals surface area contributed by atoms with Gasteiger partial charge in [-0.1, -0.05) is 46.5 Å². The molecule has 2 N–H and O–H groups in total. The van der Waals surface area contributed by atoms with Crippen LogP contribution in [0.1, 0.15) is 63.7 Å². The maximum absolute atomic E-state index is 5.74. The normalized spacial score (nSPS) is 13.2. The monoisotopic (exact) mass is 239 g/mol. The van der Waals surface area contributed by atoms with Crippen molar-refractivity contribution in [1.82, 2.24) is 0 Å². The first-order valence-electron chi connectivity index (χ1n) is 6.44. The van der Waals surface area contributed by atoms with Crippen LogP contribution in [0.5, 0.6) is 0 Å². The van der Waals surface area contributed by atoms with Gasteiger partial charge in [-0.3, -0.25) is 0 Å². The van der Waals surface area contributed by atoms with Crippen molar-refractivity contribution in [3.8, 4) is 0 Å². The molecule has 1 nitrogen and oxygen atoms in total. The molecule has 1 unspecified atom stereocenters. The molecule has 0 spiro atoms. The number of nitrogen functional groups attached to an aromatic ring is 1. The van der Waals surface area contributed by atoms with Gasteiger partial charge in [-0.25, -0.2) is 0 Å². The lowest BCUT2D eigenvalue weighted by molar-refractivity contribution is 0.509. The number of anilines is 1. The van der Waals surface area contributed by atoms with Crippen molar-refractivity contribution in [3.63, 3.8) is 0 Å². The molecule has 1 rings (SSSR count). The van der Waals surface area contributed by atoms with Crippen molar-refractivity contribution in [1.29, 1.82) is 0 Å². The van der Waals surface area contributed by atoms with E-state index in [0.717, 1.165) is 10.9 Å². The Morgan fingerprint density at radius 2 is 1.75 bits per heavy atom. The van der Waals surface area contributed by atoms with Crippen molar-refractivity contribution in [3.05, 3.63) is 17.0 Å². The summed E-state index contributed by atoms with van der Waals surface area (Å²) in [5.74, 6) is 1.54. The minimum Gasteiger partial charge on any atom is -0.391 e. The number of unbranched alkanes of at least 4 members (excludes halogenated alkanes) is 2. The van der Waals surface area contributed by atoms with Gasteiger partial charge >= 0.3 is 0 Å². The molecule has 0 aliphatic carbocycles. The molecule has 0 radical (unpaired) electrons. The Labute approximate surface area is 104 Å².